The van der Waals surface area contributed by atoms with Crippen molar-refractivity contribution in [3.8, 4) is 11.1 Å². The van der Waals surface area contributed by atoms with Crippen molar-refractivity contribution < 1.29 is 9.55 Å². The number of aromatic nitrogens is 2. The fourth-order valence-corrected chi connectivity index (χ4v) is 2.73. The molecule has 7 heteroatoms. The summed E-state index contributed by atoms with van der Waals surface area (Å²) >= 11 is 0. The first kappa shape index (κ1) is 14.8. The van der Waals surface area contributed by atoms with Gasteiger partial charge < -0.3 is 5.32 Å². The third kappa shape index (κ3) is 2.67. The summed E-state index contributed by atoms with van der Waals surface area (Å²) in [6.45, 7) is 0. The van der Waals surface area contributed by atoms with E-state index in [1.165, 1.54) is 0 Å². The van der Waals surface area contributed by atoms with E-state index >= 15 is 0 Å². The summed E-state index contributed by atoms with van der Waals surface area (Å²) in [5.41, 5.74) is 3.33. The fraction of sp³-hybridized carbons (Fsp3) is 0. The molecule has 4 rings (SSSR count). The first-order chi connectivity index (χ1) is 12.2. The van der Waals surface area contributed by atoms with E-state index in [0.29, 0.717) is 11.2 Å². The van der Waals surface area contributed by atoms with Gasteiger partial charge in [-0.2, -0.15) is 0 Å². The molecule has 0 aliphatic heterocycles. The number of nitro benzene ring substituents is 1. The standard InChI is InChI=1S/C18H12N4O3/c23-22(24)18-16(11-10-15-17(18)21-25-20-15)19-14-9-5-4-8-13(14)12-6-2-1-3-7-12/h1-11,19H. The van der Waals surface area contributed by atoms with E-state index in [1.54, 1.807) is 12.1 Å². The van der Waals surface area contributed by atoms with Crippen LogP contribution in [0.5, 0.6) is 0 Å². The average Bonchev–Trinajstić information content (AvgIpc) is 3.11. The van der Waals surface area contributed by atoms with E-state index in [1.807, 2.05) is 54.6 Å². The Hall–Kier alpha value is -3.74. The minimum atomic E-state index is -0.486. The maximum Gasteiger partial charge on any atom is 0.323 e. The van der Waals surface area contributed by atoms with E-state index in [4.69, 9.17) is 0 Å². The van der Waals surface area contributed by atoms with Crippen LogP contribution in [-0.4, -0.2) is 15.2 Å². The van der Waals surface area contributed by atoms with Crippen LogP contribution in [0.1, 0.15) is 0 Å². The highest BCUT2D eigenvalue weighted by Crippen LogP contribution is 2.36. The van der Waals surface area contributed by atoms with Crippen LogP contribution in [0.3, 0.4) is 0 Å². The van der Waals surface area contributed by atoms with E-state index in [0.717, 1.165) is 16.8 Å². The lowest BCUT2D eigenvalue weighted by atomic mass is 10.0. The third-order valence-electron chi connectivity index (χ3n) is 3.86. The number of anilines is 2. The predicted molar refractivity (Wildman–Crippen MR) is 93.6 cm³/mol. The molecule has 0 amide bonds. The van der Waals surface area contributed by atoms with Crippen LogP contribution in [0.25, 0.3) is 22.2 Å². The van der Waals surface area contributed by atoms with Crippen LogP contribution in [0, 0.1) is 10.1 Å². The van der Waals surface area contributed by atoms with Gasteiger partial charge >= 0.3 is 5.69 Å². The number of nitro groups is 1. The summed E-state index contributed by atoms with van der Waals surface area (Å²) in [4.78, 5) is 11.0. The molecule has 3 aromatic carbocycles. The summed E-state index contributed by atoms with van der Waals surface area (Å²) in [6, 6.07) is 20.7. The third-order valence-corrected chi connectivity index (χ3v) is 3.86. The van der Waals surface area contributed by atoms with Gasteiger partial charge in [0.25, 0.3) is 0 Å². The molecule has 4 aromatic rings. The molecule has 0 aliphatic carbocycles. The molecule has 0 bridgehead atoms. The van der Waals surface area contributed by atoms with Crippen molar-refractivity contribution in [1.29, 1.82) is 0 Å². The maximum absolute atomic E-state index is 11.5. The van der Waals surface area contributed by atoms with Gasteiger partial charge in [-0.1, -0.05) is 48.5 Å². The maximum atomic E-state index is 11.5. The zero-order valence-electron chi connectivity index (χ0n) is 12.9. The largest absolute Gasteiger partial charge is 0.349 e. The van der Waals surface area contributed by atoms with Gasteiger partial charge in [0.15, 0.2) is 0 Å². The molecule has 0 aliphatic rings. The highest BCUT2D eigenvalue weighted by molar-refractivity contribution is 5.93. The zero-order chi connectivity index (χ0) is 17.2. The highest BCUT2D eigenvalue weighted by atomic mass is 16.6. The number of hydrogen-bond donors (Lipinski definition) is 1. The second kappa shape index (κ2) is 6.04. The van der Waals surface area contributed by atoms with Crippen LogP contribution >= 0.6 is 0 Å². The van der Waals surface area contributed by atoms with Gasteiger partial charge in [0.1, 0.15) is 11.2 Å². The van der Waals surface area contributed by atoms with E-state index in [9.17, 15) is 10.1 Å². The Bertz CT molecular complexity index is 1060. The Balaban J connectivity index is 1.83. The summed E-state index contributed by atoms with van der Waals surface area (Å²) in [5, 5.41) is 22.0. The molecule has 0 fully saturated rings. The van der Waals surface area contributed by atoms with E-state index in [-0.39, 0.29) is 11.2 Å². The normalized spacial score (nSPS) is 10.7. The molecular formula is C18H12N4O3. The van der Waals surface area contributed by atoms with Gasteiger partial charge in [-0.05, 0) is 34.1 Å². The number of nitrogens with one attached hydrogen (secondary N) is 1. The van der Waals surface area contributed by atoms with Crippen LogP contribution in [0.15, 0.2) is 71.4 Å². The Labute approximate surface area is 142 Å². The SMILES string of the molecule is O=[N+]([O-])c1c(Nc2ccccc2-c2ccccc2)ccc2nonc12. The van der Waals surface area contributed by atoms with Crippen LogP contribution in [0.4, 0.5) is 17.1 Å². The Morgan fingerprint density at radius 3 is 2.44 bits per heavy atom. The lowest BCUT2D eigenvalue weighted by Gasteiger charge is -2.12. The quantitative estimate of drug-likeness (QED) is 0.435. The van der Waals surface area contributed by atoms with Crippen molar-refractivity contribution >= 4 is 28.1 Å². The molecule has 1 heterocycles. The van der Waals surface area contributed by atoms with E-state index in [2.05, 4.69) is 20.3 Å². The van der Waals surface area contributed by atoms with Crippen LogP contribution in [-0.2, 0) is 0 Å². The molecule has 1 N–H and O–H groups in total. The molecule has 1 aromatic heterocycles. The summed E-state index contributed by atoms with van der Waals surface area (Å²) in [5.74, 6) is 0. The van der Waals surface area contributed by atoms with Crippen molar-refractivity contribution in [3.05, 3.63) is 76.8 Å². The van der Waals surface area contributed by atoms with Gasteiger partial charge in [-0.25, -0.2) is 4.63 Å². The first-order valence-corrected chi connectivity index (χ1v) is 7.55. The molecule has 0 radical (unpaired) electrons. The molecule has 25 heavy (non-hydrogen) atoms. The summed E-state index contributed by atoms with van der Waals surface area (Å²) in [6.07, 6.45) is 0. The van der Waals surface area contributed by atoms with Crippen molar-refractivity contribution in [2.24, 2.45) is 0 Å². The molecule has 7 nitrogen and oxygen atoms in total. The summed E-state index contributed by atoms with van der Waals surface area (Å²) in [7, 11) is 0. The van der Waals surface area contributed by atoms with Crippen molar-refractivity contribution in [3.63, 3.8) is 0 Å². The zero-order valence-corrected chi connectivity index (χ0v) is 12.9. The van der Waals surface area contributed by atoms with Gasteiger partial charge in [0.05, 0.1) is 4.92 Å². The Morgan fingerprint density at radius 1 is 0.880 bits per heavy atom. The smallest absolute Gasteiger partial charge is 0.323 e. The topological polar surface area (TPSA) is 94.1 Å². The highest BCUT2D eigenvalue weighted by Gasteiger charge is 2.23. The monoisotopic (exact) mass is 332 g/mol. The van der Waals surface area contributed by atoms with Crippen molar-refractivity contribution in [2.75, 3.05) is 5.32 Å². The number of benzene rings is 3. The predicted octanol–water partition coefficient (Wildman–Crippen LogP) is 4.54. The Kier molecular flexibility index (Phi) is 3.59. The van der Waals surface area contributed by atoms with Crippen molar-refractivity contribution in [1.82, 2.24) is 10.3 Å². The lowest BCUT2D eigenvalue weighted by molar-refractivity contribution is -0.382. The second-order valence-corrected chi connectivity index (χ2v) is 5.39. The van der Waals surface area contributed by atoms with Gasteiger partial charge in [-0.15, -0.1) is 0 Å². The molecule has 122 valence electrons. The molecule has 0 atom stereocenters. The fourth-order valence-electron chi connectivity index (χ4n) is 2.73. The minimum Gasteiger partial charge on any atom is -0.349 e. The number of nitrogens with zero attached hydrogens (tertiary/aromatic N) is 3. The van der Waals surface area contributed by atoms with Gasteiger partial charge in [0.2, 0.25) is 5.52 Å². The lowest BCUT2D eigenvalue weighted by Crippen LogP contribution is -1.99. The van der Waals surface area contributed by atoms with Crippen LogP contribution in [0.2, 0.25) is 0 Å². The first-order valence-electron chi connectivity index (χ1n) is 7.55. The van der Waals surface area contributed by atoms with Crippen LogP contribution < -0.4 is 5.32 Å². The number of rotatable bonds is 4. The molecule has 0 saturated heterocycles. The average molecular weight is 332 g/mol. The van der Waals surface area contributed by atoms with Crippen molar-refractivity contribution in [2.45, 2.75) is 0 Å². The molecule has 0 saturated carbocycles. The van der Waals surface area contributed by atoms with Gasteiger partial charge in [0, 0.05) is 11.3 Å². The number of para-hydroxylation sites is 1. The molecular weight excluding hydrogens is 320 g/mol. The second-order valence-electron chi connectivity index (χ2n) is 5.39. The number of fused-ring (bicyclic) bond motifs is 1. The summed E-state index contributed by atoms with van der Waals surface area (Å²) < 4.78 is 4.62. The molecule has 0 spiro atoms. The molecule has 0 unspecified atom stereocenters. The van der Waals surface area contributed by atoms with E-state index < -0.39 is 4.92 Å². The minimum absolute atomic E-state index is 0.118. The Morgan fingerprint density at radius 2 is 1.64 bits per heavy atom. The van der Waals surface area contributed by atoms with Gasteiger partial charge in [-0.3, -0.25) is 10.1 Å². The number of hydrogen-bond acceptors (Lipinski definition) is 6.